The van der Waals surface area contributed by atoms with Crippen molar-refractivity contribution in [3.8, 4) is 11.5 Å². The molecule has 0 aromatic heterocycles. The van der Waals surface area contributed by atoms with Gasteiger partial charge in [0.15, 0.2) is 17.3 Å². The molecule has 1 fully saturated rings. The third kappa shape index (κ3) is 1.94. The van der Waals surface area contributed by atoms with E-state index in [1.165, 1.54) is 19.2 Å². The van der Waals surface area contributed by atoms with Crippen LogP contribution in [0, 0.1) is 0 Å². The first-order valence-corrected chi connectivity index (χ1v) is 6.85. The maximum absolute atomic E-state index is 12.6. The smallest absolute Gasteiger partial charge is 0.254 e. The number of ketones is 1. The van der Waals surface area contributed by atoms with Gasteiger partial charge in [-0.25, -0.2) is 0 Å². The second-order valence-corrected chi connectivity index (χ2v) is 5.33. The Labute approximate surface area is 117 Å². The summed E-state index contributed by atoms with van der Waals surface area (Å²) in [5.41, 5.74) is 1.06. The Bertz CT molecular complexity index is 581. The number of nitrogens with zero attached hydrogens (tertiary/aromatic N) is 1. The standard InChI is InChI=1S/C15H17NO4/c1-20-14-8-10-9(7-13(14)18)6-12(17)11-4-2-3-5-16(11)15(10)19/h7-8,11,18H,2-6H2,1H3/t11-/m0/s1. The number of rotatable bonds is 1. The molecule has 1 aromatic carbocycles. The van der Waals surface area contributed by atoms with Crippen molar-refractivity contribution in [2.24, 2.45) is 0 Å². The molecule has 3 rings (SSSR count). The fourth-order valence-corrected chi connectivity index (χ4v) is 3.09. The normalized spacial score (nSPS) is 22.1. The van der Waals surface area contributed by atoms with Crippen molar-refractivity contribution >= 4 is 11.7 Å². The third-order valence-electron chi connectivity index (χ3n) is 4.14. The quantitative estimate of drug-likeness (QED) is 0.844. The van der Waals surface area contributed by atoms with E-state index in [2.05, 4.69) is 0 Å². The van der Waals surface area contributed by atoms with Crippen LogP contribution in [0.1, 0.15) is 35.2 Å². The third-order valence-corrected chi connectivity index (χ3v) is 4.14. The molecule has 5 nitrogen and oxygen atoms in total. The summed E-state index contributed by atoms with van der Waals surface area (Å²) in [7, 11) is 1.44. The van der Waals surface area contributed by atoms with Gasteiger partial charge in [-0.2, -0.15) is 0 Å². The first kappa shape index (κ1) is 13.0. The van der Waals surface area contributed by atoms with Crippen LogP contribution < -0.4 is 4.74 Å². The van der Waals surface area contributed by atoms with Crippen molar-refractivity contribution in [1.82, 2.24) is 4.90 Å². The second kappa shape index (κ2) is 4.81. The molecule has 106 valence electrons. The Morgan fingerprint density at radius 2 is 2.10 bits per heavy atom. The van der Waals surface area contributed by atoms with Crippen LogP contribution in [0.2, 0.25) is 0 Å². The SMILES string of the molecule is COc1cc2c(cc1O)CC(=O)[C@@H]1CCCCN1C2=O. The van der Waals surface area contributed by atoms with Crippen LogP contribution in [0.3, 0.4) is 0 Å². The first-order valence-electron chi connectivity index (χ1n) is 6.85. The maximum atomic E-state index is 12.6. The van der Waals surface area contributed by atoms with Crippen LogP contribution in [0.15, 0.2) is 12.1 Å². The van der Waals surface area contributed by atoms with E-state index in [1.54, 1.807) is 4.90 Å². The van der Waals surface area contributed by atoms with Crippen molar-refractivity contribution in [3.63, 3.8) is 0 Å². The Balaban J connectivity index is 2.10. The number of piperidine rings is 1. The van der Waals surface area contributed by atoms with Crippen LogP contribution >= 0.6 is 0 Å². The lowest BCUT2D eigenvalue weighted by molar-refractivity contribution is -0.123. The number of amides is 1. The zero-order valence-corrected chi connectivity index (χ0v) is 11.4. The van der Waals surface area contributed by atoms with E-state index in [0.29, 0.717) is 17.7 Å². The van der Waals surface area contributed by atoms with Gasteiger partial charge in [0.1, 0.15) is 0 Å². The number of ether oxygens (including phenoxy) is 1. The highest BCUT2D eigenvalue weighted by atomic mass is 16.5. The zero-order chi connectivity index (χ0) is 14.3. The molecule has 0 saturated carbocycles. The van der Waals surface area contributed by atoms with Gasteiger partial charge in [0, 0.05) is 18.5 Å². The lowest BCUT2D eigenvalue weighted by atomic mass is 9.96. The predicted octanol–water partition coefficient (Wildman–Crippen LogP) is 1.52. The highest BCUT2D eigenvalue weighted by molar-refractivity contribution is 6.03. The number of hydrogen-bond donors (Lipinski definition) is 1. The number of hydrogen-bond acceptors (Lipinski definition) is 4. The molecule has 20 heavy (non-hydrogen) atoms. The van der Waals surface area contributed by atoms with Crippen LogP contribution in [-0.4, -0.2) is 41.4 Å². The average molecular weight is 275 g/mol. The largest absolute Gasteiger partial charge is 0.504 e. The molecule has 0 aliphatic carbocycles. The van der Waals surface area contributed by atoms with Gasteiger partial charge in [-0.15, -0.1) is 0 Å². The Hall–Kier alpha value is -2.04. The van der Waals surface area contributed by atoms with E-state index >= 15 is 0 Å². The molecule has 1 atom stereocenters. The molecule has 2 aliphatic rings. The Kier molecular flexibility index (Phi) is 3.12. The van der Waals surface area contributed by atoms with Crippen LogP contribution in [0.4, 0.5) is 0 Å². The zero-order valence-electron chi connectivity index (χ0n) is 11.4. The molecule has 1 aromatic rings. The number of Topliss-reactive ketones (excluding diaryl/α,β-unsaturated/α-hetero) is 1. The molecule has 2 aliphatic heterocycles. The highest BCUT2D eigenvalue weighted by Gasteiger charge is 2.37. The summed E-state index contributed by atoms with van der Waals surface area (Å²) in [5, 5.41) is 9.83. The lowest BCUT2D eigenvalue weighted by Crippen LogP contribution is -2.46. The number of benzene rings is 1. The van der Waals surface area contributed by atoms with Crippen LogP contribution in [-0.2, 0) is 11.2 Å². The van der Waals surface area contributed by atoms with Crippen LogP contribution in [0.5, 0.6) is 11.5 Å². The monoisotopic (exact) mass is 275 g/mol. The molecule has 0 unspecified atom stereocenters. The van der Waals surface area contributed by atoms with E-state index in [9.17, 15) is 14.7 Å². The summed E-state index contributed by atoms with van der Waals surface area (Å²) >= 11 is 0. The summed E-state index contributed by atoms with van der Waals surface area (Å²) in [5.74, 6) is 0.155. The second-order valence-electron chi connectivity index (χ2n) is 5.33. The minimum atomic E-state index is -0.309. The molecular weight excluding hydrogens is 258 g/mol. The molecule has 2 heterocycles. The lowest BCUT2D eigenvalue weighted by Gasteiger charge is -2.33. The molecule has 0 spiro atoms. The highest BCUT2D eigenvalue weighted by Crippen LogP contribution is 2.34. The number of phenolic OH excluding ortho intramolecular Hbond substituents is 1. The molecule has 0 radical (unpaired) electrons. The number of carbonyl (C=O) groups is 2. The number of fused-ring (bicyclic) bond motifs is 2. The Morgan fingerprint density at radius 1 is 1.30 bits per heavy atom. The maximum Gasteiger partial charge on any atom is 0.254 e. The van der Waals surface area contributed by atoms with E-state index in [-0.39, 0.29) is 35.7 Å². The molecule has 0 bridgehead atoms. The molecule has 1 saturated heterocycles. The average Bonchev–Trinajstić information content (AvgIpc) is 2.55. The van der Waals surface area contributed by atoms with E-state index in [1.807, 2.05) is 0 Å². The van der Waals surface area contributed by atoms with E-state index in [4.69, 9.17) is 4.74 Å². The number of aromatic hydroxyl groups is 1. The molecular formula is C15H17NO4. The van der Waals surface area contributed by atoms with Crippen molar-refractivity contribution in [2.75, 3.05) is 13.7 Å². The molecule has 5 heteroatoms. The predicted molar refractivity (Wildman–Crippen MR) is 72.0 cm³/mol. The number of phenols is 1. The first-order chi connectivity index (χ1) is 9.61. The van der Waals surface area contributed by atoms with Gasteiger partial charge >= 0.3 is 0 Å². The minimum Gasteiger partial charge on any atom is -0.504 e. The van der Waals surface area contributed by atoms with Crippen molar-refractivity contribution in [2.45, 2.75) is 31.7 Å². The van der Waals surface area contributed by atoms with Gasteiger partial charge < -0.3 is 14.7 Å². The Morgan fingerprint density at radius 3 is 2.85 bits per heavy atom. The summed E-state index contributed by atoms with van der Waals surface area (Å²) in [6, 6.07) is 2.71. The van der Waals surface area contributed by atoms with Gasteiger partial charge in [-0.1, -0.05) is 0 Å². The van der Waals surface area contributed by atoms with Gasteiger partial charge in [0.05, 0.1) is 13.2 Å². The van der Waals surface area contributed by atoms with Gasteiger partial charge in [0.25, 0.3) is 5.91 Å². The number of carbonyl (C=O) groups excluding carboxylic acids is 2. The van der Waals surface area contributed by atoms with E-state index in [0.717, 1.165) is 19.3 Å². The van der Waals surface area contributed by atoms with Crippen molar-refractivity contribution in [1.29, 1.82) is 0 Å². The topological polar surface area (TPSA) is 66.8 Å². The van der Waals surface area contributed by atoms with Gasteiger partial charge in [0.2, 0.25) is 0 Å². The minimum absolute atomic E-state index is 0.0354. The van der Waals surface area contributed by atoms with Gasteiger partial charge in [-0.3, -0.25) is 9.59 Å². The molecule has 1 N–H and O–H groups in total. The van der Waals surface area contributed by atoms with Gasteiger partial charge in [-0.05, 0) is 37.0 Å². The molecule has 1 amide bonds. The fourth-order valence-electron chi connectivity index (χ4n) is 3.09. The fraction of sp³-hybridized carbons (Fsp3) is 0.467. The summed E-state index contributed by atoms with van der Waals surface area (Å²) in [6.45, 7) is 0.623. The summed E-state index contributed by atoms with van der Waals surface area (Å²) in [6.07, 6.45) is 2.84. The van der Waals surface area contributed by atoms with Crippen LogP contribution in [0.25, 0.3) is 0 Å². The summed E-state index contributed by atoms with van der Waals surface area (Å²) < 4.78 is 5.06. The van der Waals surface area contributed by atoms with E-state index < -0.39 is 0 Å². The number of methoxy groups -OCH3 is 1. The summed E-state index contributed by atoms with van der Waals surface area (Å²) in [4.78, 5) is 26.6. The van der Waals surface area contributed by atoms with Crippen molar-refractivity contribution in [3.05, 3.63) is 23.3 Å². The van der Waals surface area contributed by atoms with Crippen molar-refractivity contribution < 1.29 is 19.4 Å².